The van der Waals surface area contributed by atoms with Crippen LogP contribution in [0.4, 0.5) is 10.1 Å². The standard InChI is InChI=1S/C19H16FN5O/c20-14-3-1-13(2-4-14)19-11-18(26-23-19)10-9-17-12-22-24-25(17)16-7-5-15(21)6-8-16/h1-8,11-12H,9-10,21H2. The number of benzene rings is 2. The van der Waals surface area contributed by atoms with Crippen molar-refractivity contribution in [1.29, 1.82) is 0 Å². The first kappa shape index (κ1) is 16.0. The average molecular weight is 349 g/mol. The summed E-state index contributed by atoms with van der Waals surface area (Å²) in [5.74, 6) is 0.468. The van der Waals surface area contributed by atoms with Gasteiger partial charge in [0.1, 0.15) is 17.3 Å². The largest absolute Gasteiger partial charge is 0.399 e. The van der Waals surface area contributed by atoms with Crippen LogP contribution in [-0.2, 0) is 12.8 Å². The number of nitrogen functional groups attached to an aromatic ring is 1. The van der Waals surface area contributed by atoms with Crippen molar-refractivity contribution in [3.8, 4) is 16.9 Å². The monoisotopic (exact) mass is 349 g/mol. The molecule has 4 rings (SSSR count). The molecule has 0 saturated heterocycles. The fourth-order valence-electron chi connectivity index (χ4n) is 2.70. The van der Waals surface area contributed by atoms with Crippen LogP contribution in [0.3, 0.4) is 0 Å². The number of anilines is 1. The van der Waals surface area contributed by atoms with Crippen LogP contribution in [0.15, 0.2) is 65.3 Å². The maximum Gasteiger partial charge on any atom is 0.137 e. The number of hydrogen-bond donors (Lipinski definition) is 1. The van der Waals surface area contributed by atoms with Crippen LogP contribution in [0.5, 0.6) is 0 Å². The highest BCUT2D eigenvalue weighted by Crippen LogP contribution is 2.21. The number of nitrogens with two attached hydrogens (primary N) is 1. The quantitative estimate of drug-likeness (QED) is 0.558. The summed E-state index contributed by atoms with van der Waals surface area (Å²) in [6, 6.07) is 15.5. The van der Waals surface area contributed by atoms with E-state index < -0.39 is 0 Å². The van der Waals surface area contributed by atoms with Crippen molar-refractivity contribution in [2.45, 2.75) is 12.8 Å². The van der Waals surface area contributed by atoms with E-state index in [2.05, 4.69) is 15.5 Å². The molecule has 2 heterocycles. The highest BCUT2D eigenvalue weighted by molar-refractivity contribution is 5.58. The Morgan fingerprint density at radius 2 is 1.77 bits per heavy atom. The molecular weight excluding hydrogens is 333 g/mol. The second-order valence-corrected chi connectivity index (χ2v) is 5.91. The van der Waals surface area contributed by atoms with Crippen LogP contribution in [0.25, 0.3) is 16.9 Å². The molecule has 0 aliphatic heterocycles. The van der Waals surface area contributed by atoms with E-state index in [1.807, 2.05) is 30.3 Å². The van der Waals surface area contributed by atoms with E-state index in [1.54, 1.807) is 23.0 Å². The molecule has 2 N–H and O–H groups in total. The molecule has 0 atom stereocenters. The van der Waals surface area contributed by atoms with E-state index in [0.29, 0.717) is 24.2 Å². The molecule has 2 aromatic carbocycles. The minimum Gasteiger partial charge on any atom is -0.399 e. The third-order valence-corrected chi connectivity index (χ3v) is 4.08. The average Bonchev–Trinajstić information content (AvgIpc) is 3.30. The lowest BCUT2D eigenvalue weighted by molar-refractivity contribution is 0.384. The van der Waals surface area contributed by atoms with E-state index in [0.717, 1.165) is 22.7 Å². The lowest BCUT2D eigenvalue weighted by Gasteiger charge is -2.05. The normalized spacial score (nSPS) is 11.0. The van der Waals surface area contributed by atoms with Crippen LogP contribution < -0.4 is 5.73 Å². The van der Waals surface area contributed by atoms with E-state index in [1.165, 1.54) is 12.1 Å². The van der Waals surface area contributed by atoms with Crippen LogP contribution in [0, 0.1) is 5.82 Å². The summed E-state index contributed by atoms with van der Waals surface area (Å²) in [6.45, 7) is 0. The van der Waals surface area contributed by atoms with Crippen molar-refractivity contribution in [2.24, 2.45) is 0 Å². The van der Waals surface area contributed by atoms with Crippen molar-refractivity contribution >= 4 is 5.69 Å². The first-order valence-corrected chi connectivity index (χ1v) is 8.16. The molecule has 0 fully saturated rings. The molecule has 0 amide bonds. The maximum absolute atomic E-state index is 13.0. The van der Waals surface area contributed by atoms with Crippen molar-refractivity contribution in [1.82, 2.24) is 20.2 Å². The van der Waals surface area contributed by atoms with Crippen LogP contribution >= 0.6 is 0 Å². The van der Waals surface area contributed by atoms with Crippen molar-refractivity contribution in [3.63, 3.8) is 0 Å². The Morgan fingerprint density at radius 1 is 1.00 bits per heavy atom. The van der Waals surface area contributed by atoms with E-state index >= 15 is 0 Å². The molecule has 7 heteroatoms. The summed E-state index contributed by atoms with van der Waals surface area (Å²) in [5, 5.41) is 12.2. The van der Waals surface area contributed by atoms with Crippen molar-refractivity contribution < 1.29 is 8.91 Å². The number of rotatable bonds is 5. The van der Waals surface area contributed by atoms with Gasteiger partial charge in [0, 0.05) is 23.7 Å². The first-order chi connectivity index (χ1) is 12.7. The second-order valence-electron chi connectivity index (χ2n) is 5.91. The van der Waals surface area contributed by atoms with Gasteiger partial charge in [0.15, 0.2) is 0 Å². The van der Waals surface area contributed by atoms with Gasteiger partial charge in [-0.1, -0.05) is 10.4 Å². The van der Waals surface area contributed by atoms with Gasteiger partial charge in [0.2, 0.25) is 0 Å². The molecule has 4 aromatic rings. The molecular formula is C19H16FN5O. The van der Waals surface area contributed by atoms with Gasteiger partial charge in [0.25, 0.3) is 0 Å². The molecule has 0 aliphatic rings. The zero-order chi connectivity index (χ0) is 17.9. The molecule has 6 nitrogen and oxygen atoms in total. The highest BCUT2D eigenvalue weighted by Gasteiger charge is 2.10. The van der Waals surface area contributed by atoms with Gasteiger partial charge in [-0.15, -0.1) is 5.10 Å². The zero-order valence-corrected chi connectivity index (χ0v) is 13.8. The van der Waals surface area contributed by atoms with Gasteiger partial charge >= 0.3 is 0 Å². The van der Waals surface area contributed by atoms with Gasteiger partial charge in [-0.2, -0.15) is 0 Å². The second kappa shape index (κ2) is 6.79. The molecule has 0 unspecified atom stereocenters. The van der Waals surface area contributed by atoms with Crippen LogP contribution in [-0.4, -0.2) is 20.2 Å². The van der Waals surface area contributed by atoms with Crippen LogP contribution in [0.2, 0.25) is 0 Å². The highest BCUT2D eigenvalue weighted by atomic mass is 19.1. The fourth-order valence-corrected chi connectivity index (χ4v) is 2.70. The fraction of sp³-hybridized carbons (Fsp3) is 0.105. The Kier molecular flexibility index (Phi) is 4.18. The Bertz CT molecular complexity index is 1010. The molecule has 0 spiro atoms. The number of halogens is 1. The van der Waals surface area contributed by atoms with Crippen LogP contribution in [0.1, 0.15) is 11.5 Å². The predicted molar refractivity (Wildman–Crippen MR) is 95.1 cm³/mol. The molecule has 0 bridgehead atoms. The summed E-state index contributed by atoms with van der Waals surface area (Å²) in [6.07, 6.45) is 3.07. The van der Waals surface area contributed by atoms with Gasteiger partial charge in [-0.3, -0.25) is 0 Å². The molecule has 0 radical (unpaired) electrons. The summed E-state index contributed by atoms with van der Waals surface area (Å²) in [7, 11) is 0. The number of hydrogen-bond acceptors (Lipinski definition) is 5. The van der Waals surface area contributed by atoms with Crippen molar-refractivity contribution in [2.75, 3.05) is 5.73 Å². The van der Waals surface area contributed by atoms with Gasteiger partial charge in [-0.05, 0) is 55.0 Å². The van der Waals surface area contributed by atoms with Gasteiger partial charge in [0.05, 0.1) is 17.6 Å². The smallest absolute Gasteiger partial charge is 0.137 e. The summed E-state index contributed by atoms with van der Waals surface area (Å²) in [5.41, 5.74) is 9.78. The molecule has 26 heavy (non-hydrogen) atoms. The Morgan fingerprint density at radius 3 is 2.54 bits per heavy atom. The maximum atomic E-state index is 13.0. The number of nitrogens with zero attached hydrogens (tertiary/aromatic N) is 4. The molecule has 2 aromatic heterocycles. The van der Waals surface area contributed by atoms with Gasteiger partial charge < -0.3 is 10.3 Å². The minimum absolute atomic E-state index is 0.277. The molecule has 0 saturated carbocycles. The Labute approximate surface area is 149 Å². The Balaban J connectivity index is 1.48. The topological polar surface area (TPSA) is 82.8 Å². The molecule has 0 aliphatic carbocycles. The van der Waals surface area contributed by atoms with E-state index in [4.69, 9.17) is 10.3 Å². The third-order valence-electron chi connectivity index (χ3n) is 4.08. The van der Waals surface area contributed by atoms with Crippen molar-refractivity contribution in [3.05, 3.63) is 78.1 Å². The molecule has 130 valence electrons. The summed E-state index contributed by atoms with van der Waals surface area (Å²) < 4.78 is 20.2. The third kappa shape index (κ3) is 3.32. The van der Waals surface area contributed by atoms with E-state index in [9.17, 15) is 4.39 Å². The lowest BCUT2D eigenvalue weighted by Crippen LogP contribution is -2.03. The van der Waals surface area contributed by atoms with Gasteiger partial charge in [-0.25, -0.2) is 9.07 Å². The Hall–Kier alpha value is -3.48. The lowest BCUT2D eigenvalue weighted by atomic mass is 10.1. The number of aromatic nitrogens is 4. The number of aryl methyl sites for hydroxylation is 2. The SMILES string of the molecule is Nc1ccc(-n2nncc2CCc2cc(-c3ccc(F)cc3)no2)cc1. The zero-order valence-electron chi connectivity index (χ0n) is 13.8. The predicted octanol–water partition coefficient (Wildman–Crippen LogP) is 3.43. The first-order valence-electron chi connectivity index (χ1n) is 8.16. The minimum atomic E-state index is -0.277. The summed E-state index contributed by atoms with van der Waals surface area (Å²) >= 11 is 0. The van der Waals surface area contributed by atoms with E-state index in [-0.39, 0.29) is 5.82 Å². The summed E-state index contributed by atoms with van der Waals surface area (Å²) in [4.78, 5) is 0.